The summed E-state index contributed by atoms with van der Waals surface area (Å²) < 4.78 is 0. The molecule has 0 unspecified atom stereocenters. The van der Waals surface area contributed by atoms with Crippen molar-refractivity contribution in [3.8, 4) is 0 Å². The second-order valence-corrected chi connectivity index (χ2v) is 1.93. The van der Waals surface area contributed by atoms with Crippen molar-refractivity contribution in [2.45, 2.75) is 19.3 Å². The van der Waals surface area contributed by atoms with E-state index in [4.69, 9.17) is 5.11 Å². The number of carbonyl (C=O) groups is 1. The molecule has 0 aromatic rings. The van der Waals surface area contributed by atoms with Gasteiger partial charge in [-0.3, -0.25) is 4.79 Å². The molecule has 0 aromatic carbocycles. The maximum atomic E-state index is 9.98. The van der Waals surface area contributed by atoms with Crippen LogP contribution in [0.2, 0.25) is 0 Å². The van der Waals surface area contributed by atoms with Crippen molar-refractivity contribution in [2.75, 3.05) is 0 Å². The van der Waals surface area contributed by atoms with Gasteiger partial charge in [0.05, 0.1) is 0 Å². The zero-order chi connectivity index (χ0) is 7.82. The van der Waals surface area contributed by atoms with Crippen molar-refractivity contribution in [1.82, 2.24) is 0 Å². The number of carboxylic acids is 1. The third kappa shape index (κ3) is 6.95. The minimum atomic E-state index is -0.747. The highest BCUT2D eigenvalue weighted by atomic mass is 16.4. The zero-order valence-corrected chi connectivity index (χ0v) is 5.92. The molecule has 0 spiro atoms. The van der Waals surface area contributed by atoms with Crippen LogP contribution in [0.1, 0.15) is 19.3 Å². The zero-order valence-electron chi connectivity index (χ0n) is 5.92. The molecule has 2 nitrogen and oxygen atoms in total. The second kappa shape index (κ2) is 6.08. The molecule has 10 heavy (non-hydrogen) atoms. The van der Waals surface area contributed by atoms with Crippen molar-refractivity contribution < 1.29 is 9.90 Å². The normalized spacial score (nSPS) is 10.0. The molecule has 0 amide bonds. The first-order chi connectivity index (χ1) is 4.77. The highest BCUT2D eigenvalue weighted by Crippen LogP contribution is 1.92. The van der Waals surface area contributed by atoms with Gasteiger partial charge in [0.1, 0.15) is 0 Å². The fourth-order valence-corrected chi connectivity index (χ4v) is 0.517. The number of carboxylic acid groups (broad SMARTS) is 1. The van der Waals surface area contributed by atoms with Gasteiger partial charge in [-0.05, 0) is 12.8 Å². The van der Waals surface area contributed by atoms with Gasteiger partial charge in [-0.1, -0.05) is 18.2 Å². The van der Waals surface area contributed by atoms with E-state index in [1.54, 1.807) is 6.08 Å². The van der Waals surface area contributed by atoms with Crippen LogP contribution in [-0.4, -0.2) is 11.1 Å². The van der Waals surface area contributed by atoms with E-state index in [1.807, 2.05) is 12.2 Å². The van der Waals surface area contributed by atoms with E-state index in [0.29, 0.717) is 6.42 Å². The Labute approximate surface area is 60.9 Å². The van der Waals surface area contributed by atoms with Gasteiger partial charge in [0.15, 0.2) is 0 Å². The van der Waals surface area contributed by atoms with Gasteiger partial charge in [-0.25, -0.2) is 0 Å². The maximum absolute atomic E-state index is 9.98. The molecule has 0 fully saturated rings. The van der Waals surface area contributed by atoms with Crippen LogP contribution >= 0.6 is 0 Å². The van der Waals surface area contributed by atoms with Crippen molar-refractivity contribution >= 4 is 5.97 Å². The molecule has 0 saturated carbocycles. The minimum absolute atomic E-state index is 0.216. The van der Waals surface area contributed by atoms with Crippen LogP contribution in [0.4, 0.5) is 0 Å². The Morgan fingerprint density at radius 2 is 2.20 bits per heavy atom. The van der Waals surface area contributed by atoms with Crippen molar-refractivity contribution in [2.24, 2.45) is 0 Å². The van der Waals surface area contributed by atoms with E-state index >= 15 is 0 Å². The van der Waals surface area contributed by atoms with Gasteiger partial charge in [0.25, 0.3) is 0 Å². The first-order valence-electron chi connectivity index (χ1n) is 3.25. The van der Waals surface area contributed by atoms with Gasteiger partial charge in [-0.2, -0.15) is 0 Å². The summed E-state index contributed by atoms with van der Waals surface area (Å²) in [6, 6.07) is 0. The van der Waals surface area contributed by atoms with E-state index in [9.17, 15) is 4.79 Å². The lowest BCUT2D eigenvalue weighted by molar-refractivity contribution is -0.136. The van der Waals surface area contributed by atoms with Gasteiger partial charge in [0, 0.05) is 6.42 Å². The standard InChI is InChI=1S/C8H12O2/c1-2-3-4-5-6-7-8(9)10/h2,4-5H,1,3,6-7H2,(H,9,10)/b5-4+. The summed E-state index contributed by atoms with van der Waals surface area (Å²) in [6.45, 7) is 3.53. The van der Waals surface area contributed by atoms with E-state index in [0.717, 1.165) is 6.42 Å². The minimum Gasteiger partial charge on any atom is -0.481 e. The Kier molecular flexibility index (Phi) is 5.44. The Bertz CT molecular complexity index is 136. The van der Waals surface area contributed by atoms with Crippen LogP contribution in [0.15, 0.2) is 24.8 Å². The SMILES string of the molecule is C=CC/C=C/CCC(=O)O. The molecule has 0 aliphatic carbocycles. The van der Waals surface area contributed by atoms with Crippen LogP contribution in [0, 0.1) is 0 Å². The molecule has 0 aliphatic heterocycles. The lowest BCUT2D eigenvalue weighted by atomic mass is 10.2. The lowest BCUT2D eigenvalue weighted by Gasteiger charge is -1.85. The Morgan fingerprint density at radius 3 is 2.70 bits per heavy atom. The van der Waals surface area contributed by atoms with Crippen molar-refractivity contribution in [3.63, 3.8) is 0 Å². The molecule has 0 rings (SSSR count). The Balaban J connectivity index is 3.18. The predicted molar refractivity (Wildman–Crippen MR) is 40.8 cm³/mol. The molecule has 1 N–H and O–H groups in total. The van der Waals surface area contributed by atoms with Gasteiger partial charge in [-0.15, -0.1) is 6.58 Å². The first kappa shape index (κ1) is 8.95. The molecule has 0 aromatic heterocycles. The quantitative estimate of drug-likeness (QED) is 0.593. The molecule has 0 saturated heterocycles. The Morgan fingerprint density at radius 1 is 1.50 bits per heavy atom. The molecule has 0 aliphatic rings. The molecule has 0 bridgehead atoms. The summed E-state index contributed by atoms with van der Waals surface area (Å²) in [6.07, 6.45) is 7.19. The molecule has 0 atom stereocenters. The highest BCUT2D eigenvalue weighted by molar-refractivity contribution is 5.66. The predicted octanol–water partition coefficient (Wildman–Crippen LogP) is 1.98. The van der Waals surface area contributed by atoms with E-state index in [-0.39, 0.29) is 6.42 Å². The summed E-state index contributed by atoms with van der Waals surface area (Å²) in [5.41, 5.74) is 0. The van der Waals surface area contributed by atoms with Crippen LogP contribution in [0.3, 0.4) is 0 Å². The average molecular weight is 140 g/mol. The fraction of sp³-hybridized carbons (Fsp3) is 0.375. The van der Waals surface area contributed by atoms with E-state index in [2.05, 4.69) is 6.58 Å². The summed E-state index contributed by atoms with van der Waals surface area (Å²) in [5.74, 6) is -0.747. The maximum Gasteiger partial charge on any atom is 0.303 e. The smallest absolute Gasteiger partial charge is 0.303 e. The topological polar surface area (TPSA) is 37.3 Å². The number of allylic oxidation sites excluding steroid dienone is 3. The van der Waals surface area contributed by atoms with Crippen molar-refractivity contribution in [1.29, 1.82) is 0 Å². The number of hydrogen-bond acceptors (Lipinski definition) is 1. The number of hydrogen-bond donors (Lipinski definition) is 1. The molecular weight excluding hydrogens is 128 g/mol. The molecule has 0 heterocycles. The number of aliphatic carboxylic acids is 1. The lowest BCUT2D eigenvalue weighted by Crippen LogP contribution is -1.91. The van der Waals surface area contributed by atoms with Gasteiger partial charge < -0.3 is 5.11 Å². The monoisotopic (exact) mass is 140 g/mol. The van der Waals surface area contributed by atoms with Crippen LogP contribution < -0.4 is 0 Å². The van der Waals surface area contributed by atoms with Crippen LogP contribution in [0.5, 0.6) is 0 Å². The van der Waals surface area contributed by atoms with Gasteiger partial charge >= 0.3 is 5.97 Å². The summed E-state index contributed by atoms with van der Waals surface area (Å²) >= 11 is 0. The molecule has 2 heteroatoms. The molecule has 56 valence electrons. The summed E-state index contributed by atoms with van der Waals surface area (Å²) in [5, 5.41) is 8.22. The highest BCUT2D eigenvalue weighted by Gasteiger charge is 1.90. The summed E-state index contributed by atoms with van der Waals surface area (Å²) in [4.78, 5) is 9.98. The third-order valence-electron chi connectivity index (χ3n) is 0.994. The third-order valence-corrected chi connectivity index (χ3v) is 0.994. The van der Waals surface area contributed by atoms with Crippen LogP contribution in [-0.2, 0) is 4.79 Å². The fourth-order valence-electron chi connectivity index (χ4n) is 0.517. The average Bonchev–Trinajstić information content (AvgIpc) is 1.87. The number of rotatable bonds is 5. The summed E-state index contributed by atoms with van der Waals surface area (Å²) in [7, 11) is 0. The molecule has 0 radical (unpaired) electrons. The van der Waals surface area contributed by atoms with E-state index in [1.165, 1.54) is 0 Å². The van der Waals surface area contributed by atoms with Crippen LogP contribution in [0.25, 0.3) is 0 Å². The largest absolute Gasteiger partial charge is 0.481 e. The van der Waals surface area contributed by atoms with E-state index < -0.39 is 5.97 Å². The van der Waals surface area contributed by atoms with Gasteiger partial charge in [0.2, 0.25) is 0 Å². The Hall–Kier alpha value is -1.05. The first-order valence-corrected chi connectivity index (χ1v) is 3.25. The molecular formula is C8H12O2. The van der Waals surface area contributed by atoms with Crippen molar-refractivity contribution in [3.05, 3.63) is 24.8 Å². The second-order valence-electron chi connectivity index (χ2n) is 1.93.